The van der Waals surface area contributed by atoms with Crippen molar-refractivity contribution in [3.8, 4) is 17.1 Å². The fourth-order valence-corrected chi connectivity index (χ4v) is 3.46. The van der Waals surface area contributed by atoms with E-state index in [0.29, 0.717) is 33.9 Å². The molecule has 0 spiro atoms. The number of furan rings is 1. The molecule has 0 bridgehead atoms. The van der Waals surface area contributed by atoms with Gasteiger partial charge in [-0.15, -0.1) is 0 Å². The van der Waals surface area contributed by atoms with E-state index in [4.69, 9.17) is 4.42 Å². The Morgan fingerprint density at radius 3 is 2.47 bits per heavy atom. The summed E-state index contributed by atoms with van der Waals surface area (Å²) in [4.78, 5) is 28.0. The molecular formula is C24H22N2O4. The van der Waals surface area contributed by atoms with Gasteiger partial charge in [-0.2, -0.15) is 0 Å². The van der Waals surface area contributed by atoms with Gasteiger partial charge >= 0.3 is 0 Å². The minimum Gasteiger partial charge on any atom is -0.505 e. The van der Waals surface area contributed by atoms with Crippen LogP contribution in [0.1, 0.15) is 58.4 Å². The number of phenols is 1. The lowest BCUT2D eigenvalue weighted by Gasteiger charge is -2.21. The molecule has 30 heavy (non-hydrogen) atoms. The number of hydrogen-bond donors (Lipinski definition) is 2. The number of aryl methyl sites for hydroxylation is 1. The van der Waals surface area contributed by atoms with Crippen LogP contribution in [0.2, 0.25) is 0 Å². The number of phenolic OH excluding ortho intramolecular Hbond substituents is 1. The molecule has 0 atom stereocenters. The molecule has 2 amide bonds. The quantitative estimate of drug-likeness (QED) is 0.482. The van der Waals surface area contributed by atoms with Crippen LogP contribution in [0, 0.1) is 6.92 Å². The first-order valence-corrected chi connectivity index (χ1v) is 9.61. The summed E-state index contributed by atoms with van der Waals surface area (Å²) in [6.07, 6.45) is 1.55. The number of carbonyl (C=O) groups excluding carboxylic acids is 2. The number of nitrogens with zero attached hydrogens (tertiary/aromatic N) is 1. The molecule has 6 heteroatoms. The highest BCUT2D eigenvalue weighted by Gasteiger charge is 2.27. The molecule has 0 aliphatic carbocycles. The van der Waals surface area contributed by atoms with E-state index >= 15 is 0 Å². The Morgan fingerprint density at radius 1 is 1.00 bits per heavy atom. The normalized spacial score (nSPS) is 13.7. The molecule has 0 saturated carbocycles. The molecule has 152 valence electrons. The molecular weight excluding hydrogens is 380 g/mol. The zero-order valence-electron chi connectivity index (χ0n) is 17.2. The molecule has 6 nitrogen and oxygen atoms in total. The van der Waals surface area contributed by atoms with Crippen molar-refractivity contribution in [3.63, 3.8) is 0 Å². The summed E-state index contributed by atoms with van der Waals surface area (Å²) in [5.41, 5.74) is 3.50. The molecule has 1 aliphatic rings. The average molecular weight is 402 g/mol. The first-order chi connectivity index (χ1) is 14.1. The molecule has 3 aromatic rings. The Bertz CT molecular complexity index is 1210. The maximum atomic E-state index is 11.9. The van der Waals surface area contributed by atoms with Crippen LogP contribution >= 0.6 is 0 Å². The lowest BCUT2D eigenvalue weighted by atomic mass is 9.85. The lowest BCUT2D eigenvalue weighted by molar-refractivity contribution is 0.0879. The Kier molecular flexibility index (Phi) is 4.57. The molecule has 1 aromatic heterocycles. The van der Waals surface area contributed by atoms with Crippen molar-refractivity contribution in [2.24, 2.45) is 4.99 Å². The van der Waals surface area contributed by atoms with Crippen molar-refractivity contribution >= 4 is 23.7 Å². The van der Waals surface area contributed by atoms with Gasteiger partial charge in [-0.05, 0) is 48.2 Å². The van der Waals surface area contributed by atoms with E-state index in [1.54, 1.807) is 36.5 Å². The monoisotopic (exact) mass is 402 g/mol. The van der Waals surface area contributed by atoms with Crippen molar-refractivity contribution in [1.82, 2.24) is 5.32 Å². The van der Waals surface area contributed by atoms with Gasteiger partial charge in [-0.25, -0.2) is 4.99 Å². The van der Waals surface area contributed by atoms with Crippen LogP contribution in [0.25, 0.3) is 11.3 Å². The third kappa shape index (κ3) is 3.52. The SMILES string of the molecule is Cc1cc(N=Cc2ccc(-c3ccc4c(c3)C(=O)NC4=O)o2)c(O)c(C(C)(C)C)c1. The Morgan fingerprint density at radius 2 is 1.73 bits per heavy atom. The fraction of sp³-hybridized carbons (Fsp3) is 0.208. The smallest absolute Gasteiger partial charge is 0.258 e. The minimum absolute atomic E-state index is 0.158. The Hall–Kier alpha value is -3.67. The van der Waals surface area contributed by atoms with Crippen molar-refractivity contribution in [2.75, 3.05) is 0 Å². The molecule has 4 rings (SSSR count). The standard InChI is InChI=1S/C24H22N2O4/c1-13-9-18(24(2,3)4)21(27)19(10-13)25-12-15-6-8-20(30-15)14-5-7-16-17(11-14)23(29)26-22(16)28/h5-12,27H,1-4H3,(H,26,28,29). The first-order valence-electron chi connectivity index (χ1n) is 9.61. The molecule has 0 unspecified atom stereocenters. The van der Waals surface area contributed by atoms with E-state index < -0.39 is 5.91 Å². The Labute approximate surface area is 174 Å². The molecule has 0 fully saturated rings. The molecule has 2 N–H and O–H groups in total. The van der Waals surface area contributed by atoms with E-state index in [9.17, 15) is 14.7 Å². The number of imide groups is 1. The van der Waals surface area contributed by atoms with Crippen LogP contribution < -0.4 is 5.32 Å². The predicted octanol–water partition coefficient (Wildman–Crippen LogP) is 4.89. The number of rotatable bonds is 3. The van der Waals surface area contributed by atoms with E-state index in [-0.39, 0.29) is 17.1 Å². The maximum absolute atomic E-state index is 11.9. The maximum Gasteiger partial charge on any atom is 0.258 e. The minimum atomic E-state index is -0.408. The van der Waals surface area contributed by atoms with Crippen molar-refractivity contribution in [2.45, 2.75) is 33.1 Å². The zero-order chi connectivity index (χ0) is 21.6. The van der Waals surface area contributed by atoms with Gasteiger partial charge in [-0.1, -0.05) is 32.9 Å². The van der Waals surface area contributed by atoms with Crippen LogP contribution in [0.5, 0.6) is 5.75 Å². The number of amides is 2. The summed E-state index contributed by atoms with van der Waals surface area (Å²) in [6.45, 7) is 8.09. The van der Waals surface area contributed by atoms with Crippen molar-refractivity contribution < 1.29 is 19.1 Å². The van der Waals surface area contributed by atoms with E-state index in [1.165, 1.54) is 0 Å². The fourth-order valence-electron chi connectivity index (χ4n) is 3.46. The third-order valence-electron chi connectivity index (χ3n) is 5.02. The van der Waals surface area contributed by atoms with Crippen LogP contribution in [0.4, 0.5) is 5.69 Å². The van der Waals surface area contributed by atoms with Crippen LogP contribution in [0.15, 0.2) is 51.9 Å². The number of benzene rings is 2. The van der Waals surface area contributed by atoms with Crippen LogP contribution in [0.3, 0.4) is 0 Å². The summed E-state index contributed by atoms with van der Waals surface area (Å²) in [5, 5.41) is 12.9. The summed E-state index contributed by atoms with van der Waals surface area (Å²) >= 11 is 0. The van der Waals surface area contributed by atoms with Gasteiger partial charge in [0, 0.05) is 11.1 Å². The van der Waals surface area contributed by atoms with Crippen LogP contribution in [-0.4, -0.2) is 23.1 Å². The number of carbonyl (C=O) groups is 2. The highest BCUT2D eigenvalue weighted by atomic mass is 16.3. The summed E-state index contributed by atoms with van der Waals surface area (Å²) < 4.78 is 5.83. The number of aromatic hydroxyl groups is 1. The summed E-state index contributed by atoms with van der Waals surface area (Å²) in [5.74, 6) is 0.418. The first kappa shape index (κ1) is 19.6. The average Bonchev–Trinajstić information content (AvgIpc) is 3.26. The largest absolute Gasteiger partial charge is 0.505 e. The van der Waals surface area contributed by atoms with Crippen LogP contribution in [-0.2, 0) is 5.41 Å². The number of hydrogen-bond acceptors (Lipinski definition) is 5. The van der Waals surface area contributed by atoms with E-state index in [1.807, 2.05) is 39.8 Å². The lowest BCUT2D eigenvalue weighted by Crippen LogP contribution is -2.19. The van der Waals surface area contributed by atoms with Gasteiger partial charge in [0.2, 0.25) is 0 Å². The topological polar surface area (TPSA) is 91.9 Å². The molecule has 2 aromatic carbocycles. The number of aliphatic imine (C=N–C) groups is 1. The Balaban J connectivity index is 1.63. The van der Waals surface area contributed by atoms with Gasteiger partial charge in [0.15, 0.2) is 0 Å². The zero-order valence-corrected chi connectivity index (χ0v) is 17.2. The third-order valence-corrected chi connectivity index (χ3v) is 5.02. The molecule has 0 saturated heterocycles. The molecule has 2 heterocycles. The van der Waals surface area contributed by atoms with Crippen molar-refractivity contribution in [1.29, 1.82) is 0 Å². The second kappa shape index (κ2) is 6.99. The highest BCUT2D eigenvalue weighted by Crippen LogP contribution is 2.38. The van der Waals surface area contributed by atoms with Gasteiger partial charge in [0.1, 0.15) is 23.0 Å². The van der Waals surface area contributed by atoms with E-state index in [2.05, 4.69) is 10.3 Å². The summed E-state index contributed by atoms with van der Waals surface area (Å²) in [7, 11) is 0. The van der Waals surface area contributed by atoms with Gasteiger partial charge < -0.3 is 9.52 Å². The predicted molar refractivity (Wildman–Crippen MR) is 115 cm³/mol. The molecule has 0 radical (unpaired) electrons. The van der Waals surface area contributed by atoms with Gasteiger partial charge in [-0.3, -0.25) is 14.9 Å². The van der Waals surface area contributed by atoms with E-state index in [0.717, 1.165) is 11.1 Å². The second-order valence-electron chi connectivity index (χ2n) is 8.43. The second-order valence-corrected chi connectivity index (χ2v) is 8.43. The van der Waals surface area contributed by atoms with Gasteiger partial charge in [0.05, 0.1) is 17.3 Å². The highest BCUT2D eigenvalue weighted by molar-refractivity contribution is 6.21. The number of nitrogens with one attached hydrogen (secondary N) is 1. The number of fused-ring (bicyclic) bond motifs is 1. The molecule has 1 aliphatic heterocycles. The van der Waals surface area contributed by atoms with Gasteiger partial charge in [0.25, 0.3) is 11.8 Å². The summed E-state index contributed by atoms with van der Waals surface area (Å²) in [6, 6.07) is 12.3. The van der Waals surface area contributed by atoms with Crippen molar-refractivity contribution in [3.05, 3.63) is 70.5 Å².